The molecule has 1 aliphatic heterocycles. The Hall–Kier alpha value is -0.570. The Balaban J connectivity index is 2.50. The number of carbonyl (C=O) groups excluding carboxylic acids is 1. The highest BCUT2D eigenvalue weighted by Gasteiger charge is 2.25. The van der Waals surface area contributed by atoms with Crippen molar-refractivity contribution in [2.75, 3.05) is 19.7 Å². The molecule has 0 saturated carbocycles. The first-order valence-corrected chi connectivity index (χ1v) is 5.59. The highest BCUT2D eigenvalue weighted by molar-refractivity contribution is 5.78. The zero-order valence-electron chi connectivity index (χ0n) is 9.45. The summed E-state index contributed by atoms with van der Waals surface area (Å²) in [6.07, 6.45) is 2.09. The molecule has 1 rings (SSSR count). The van der Waals surface area contributed by atoms with Crippen molar-refractivity contribution in [2.45, 2.75) is 39.7 Å². The molecule has 0 spiro atoms. The van der Waals surface area contributed by atoms with E-state index in [2.05, 4.69) is 13.8 Å². The normalized spacial score (nSPS) is 22.9. The minimum atomic E-state index is 0.196. The van der Waals surface area contributed by atoms with Crippen LogP contribution >= 0.6 is 0 Å². The van der Waals surface area contributed by atoms with Crippen LogP contribution in [0.2, 0.25) is 0 Å². The number of hydrogen-bond donors (Lipinski definition) is 0. The third kappa shape index (κ3) is 2.71. The van der Waals surface area contributed by atoms with Crippen molar-refractivity contribution in [2.24, 2.45) is 5.92 Å². The summed E-state index contributed by atoms with van der Waals surface area (Å²) in [5.41, 5.74) is 0. The predicted octanol–water partition coefficient (Wildman–Crippen LogP) is 1.67. The molecule has 3 nitrogen and oxygen atoms in total. The van der Waals surface area contributed by atoms with Crippen LogP contribution in [-0.4, -0.2) is 36.6 Å². The van der Waals surface area contributed by atoms with Crippen LogP contribution in [0.1, 0.15) is 33.6 Å². The molecule has 1 heterocycles. The Morgan fingerprint density at radius 3 is 2.64 bits per heavy atom. The van der Waals surface area contributed by atoms with E-state index in [1.54, 1.807) is 0 Å². The standard InChI is InChI=1S/C11H21NO2/c1-4-10(5-2)11(13)12-6-7-14-9(3)8-12/h9-10H,4-8H2,1-3H3. The largest absolute Gasteiger partial charge is 0.375 e. The van der Waals surface area contributed by atoms with Crippen LogP contribution in [-0.2, 0) is 9.53 Å². The maximum absolute atomic E-state index is 12.0. The highest BCUT2D eigenvalue weighted by atomic mass is 16.5. The smallest absolute Gasteiger partial charge is 0.225 e. The van der Waals surface area contributed by atoms with Gasteiger partial charge in [0.1, 0.15) is 0 Å². The molecule has 1 fully saturated rings. The number of morpholine rings is 1. The Kier molecular flexibility index (Phi) is 4.39. The van der Waals surface area contributed by atoms with E-state index in [-0.39, 0.29) is 12.0 Å². The van der Waals surface area contributed by atoms with Gasteiger partial charge in [0.25, 0.3) is 0 Å². The van der Waals surface area contributed by atoms with E-state index in [0.29, 0.717) is 12.5 Å². The van der Waals surface area contributed by atoms with E-state index in [0.717, 1.165) is 25.9 Å². The monoisotopic (exact) mass is 199 g/mol. The van der Waals surface area contributed by atoms with Gasteiger partial charge in [0.2, 0.25) is 5.91 Å². The minimum absolute atomic E-state index is 0.196. The Labute approximate surface area is 86.4 Å². The van der Waals surface area contributed by atoms with Crippen LogP contribution in [0.25, 0.3) is 0 Å². The molecule has 3 heteroatoms. The quantitative estimate of drug-likeness (QED) is 0.692. The van der Waals surface area contributed by atoms with E-state index in [1.807, 2.05) is 11.8 Å². The molecule has 0 radical (unpaired) electrons. The van der Waals surface area contributed by atoms with E-state index >= 15 is 0 Å². The number of hydrogen-bond acceptors (Lipinski definition) is 2. The second-order valence-electron chi connectivity index (χ2n) is 3.98. The fourth-order valence-electron chi connectivity index (χ4n) is 1.91. The highest BCUT2D eigenvalue weighted by Crippen LogP contribution is 2.14. The van der Waals surface area contributed by atoms with E-state index in [1.165, 1.54) is 0 Å². The van der Waals surface area contributed by atoms with Gasteiger partial charge in [-0.15, -0.1) is 0 Å². The molecular formula is C11H21NO2. The molecule has 1 saturated heterocycles. The summed E-state index contributed by atoms with van der Waals surface area (Å²) in [4.78, 5) is 13.9. The van der Waals surface area contributed by atoms with Gasteiger partial charge in [0.15, 0.2) is 0 Å². The van der Waals surface area contributed by atoms with Crippen molar-refractivity contribution < 1.29 is 9.53 Å². The van der Waals surface area contributed by atoms with Crippen molar-refractivity contribution in [3.63, 3.8) is 0 Å². The molecular weight excluding hydrogens is 178 g/mol. The van der Waals surface area contributed by atoms with Gasteiger partial charge in [0.05, 0.1) is 12.7 Å². The van der Waals surface area contributed by atoms with Gasteiger partial charge in [-0.3, -0.25) is 4.79 Å². The van der Waals surface area contributed by atoms with Gasteiger partial charge in [0, 0.05) is 19.0 Å². The third-order valence-corrected chi connectivity index (χ3v) is 2.89. The van der Waals surface area contributed by atoms with E-state index in [4.69, 9.17) is 4.74 Å². The Bertz CT molecular complexity index is 190. The molecule has 1 aliphatic rings. The number of ether oxygens (including phenoxy) is 1. The fraction of sp³-hybridized carbons (Fsp3) is 0.909. The average Bonchev–Trinajstić information content (AvgIpc) is 2.19. The van der Waals surface area contributed by atoms with Crippen LogP contribution in [0, 0.1) is 5.92 Å². The number of amides is 1. The second kappa shape index (κ2) is 5.35. The minimum Gasteiger partial charge on any atom is -0.375 e. The van der Waals surface area contributed by atoms with Crippen molar-refractivity contribution in [3.05, 3.63) is 0 Å². The summed E-state index contributed by atoms with van der Waals surface area (Å²) in [7, 11) is 0. The van der Waals surface area contributed by atoms with Gasteiger partial charge in [-0.1, -0.05) is 13.8 Å². The molecule has 0 aromatic rings. The molecule has 82 valence electrons. The van der Waals surface area contributed by atoms with Gasteiger partial charge in [-0.25, -0.2) is 0 Å². The molecule has 0 aliphatic carbocycles. The van der Waals surface area contributed by atoms with E-state index < -0.39 is 0 Å². The maximum Gasteiger partial charge on any atom is 0.225 e. The SMILES string of the molecule is CCC(CC)C(=O)N1CCOC(C)C1. The summed E-state index contributed by atoms with van der Waals surface area (Å²) < 4.78 is 5.41. The number of carbonyl (C=O) groups is 1. The van der Waals surface area contributed by atoms with Gasteiger partial charge in [-0.2, -0.15) is 0 Å². The van der Waals surface area contributed by atoms with E-state index in [9.17, 15) is 4.79 Å². The first-order chi connectivity index (χ1) is 6.69. The zero-order chi connectivity index (χ0) is 10.6. The first kappa shape index (κ1) is 11.5. The zero-order valence-corrected chi connectivity index (χ0v) is 9.45. The number of rotatable bonds is 3. The van der Waals surface area contributed by atoms with Crippen molar-refractivity contribution in [1.82, 2.24) is 4.90 Å². The molecule has 1 unspecified atom stereocenters. The van der Waals surface area contributed by atoms with Gasteiger partial charge >= 0.3 is 0 Å². The lowest BCUT2D eigenvalue weighted by molar-refractivity contribution is -0.142. The lowest BCUT2D eigenvalue weighted by Gasteiger charge is -2.33. The molecule has 0 bridgehead atoms. The molecule has 14 heavy (non-hydrogen) atoms. The number of nitrogens with zero attached hydrogens (tertiary/aromatic N) is 1. The maximum atomic E-state index is 12.0. The van der Waals surface area contributed by atoms with Crippen LogP contribution in [0.15, 0.2) is 0 Å². The summed E-state index contributed by atoms with van der Waals surface area (Å²) in [5, 5.41) is 0. The summed E-state index contributed by atoms with van der Waals surface area (Å²) >= 11 is 0. The Morgan fingerprint density at radius 2 is 2.14 bits per heavy atom. The van der Waals surface area contributed by atoms with Crippen LogP contribution < -0.4 is 0 Å². The molecule has 1 amide bonds. The second-order valence-corrected chi connectivity index (χ2v) is 3.98. The lowest BCUT2D eigenvalue weighted by atomic mass is 10.0. The molecule has 0 N–H and O–H groups in total. The molecule has 0 aromatic carbocycles. The summed E-state index contributed by atoms with van der Waals surface area (Å²) in [6.45, 7) is 8.39. The van der Waals surface area contributed by atoms with Gasteiger partial charge in [-0.05, 0) is 19.8 Å². The van der Waals surface area contributed by atoms with Crippen LogP contribution in [0.3, 0.4) is 0 Å². The van der Waals surface area contributed by atoms with Gasteiger partial charge < -0.3 is 9.64 Å². The molecule has 0 aromatic heterocycles. The summed E-state index contributed by atoms with van der Waals surface area (Å²) in [6, 6.07) is 0. The van der Waals surface area contributed by atoms with Crippen LogP contribution in [0.5, 0.6) is 0 Å². The molecule has 1 atom stereocenters. The Morgan fingerprint density at radius 1 is 1.50 bits per heavy atom. The average molecular weight is 199 g/mol. The topological polar surface area (TPSA) is 29.5 Å². The van der Waals surface area contributed by atoms with Crippen molar-refractivity contribution in [3.8, 4) is 0 Å². The predicted molar refractivity (Wildman–Crippen MR) is 56.1 cm³/mol. The van der Waals surface area contributed by atoms with Crippen molar-refractivity contribution in [1.29, 1.82) is 0 Å². The first-order valence-electron chi connectivity index (χ1n) is 5.59. The van der Waals surface area contributed by atoms with Crippen LogP contribution in [0.4, 0.5) is 0 Å². The fourth-order valence-corrected chi connectivity index (χ4v) is 1.91. The summed E-state index contributed by atoms with van der Waals surface area (Å²) in [5.74, 6) is 0.519. The van der Waals surface area contributed by atoms with Crippen molar-refractivity contribution >= 4 is 5.91 Å². The third-order valence-electron chi connectivity index (χ3n) is 2.89. The lowest BCUT2D eigenvalue weighted by Crippen LogP contribution is -2.46.